The molecule has 0 saturated heterocycles. The second kappa shape index (κ2) is 7.51. The predicted octanol–water partition coefficient (Wildman–Crippen LogP) is 3.09. The van der Waals surface area contributed by atoms with Crippen LogP contribution in [0.4, 0.5) is 5.69 Å². The van der Waals surface area contributed by atoms with Gasteiger partial charge >= 0.3 is 0 Å². The highest BCUT2D eigenvalue weighted by molar-refractivity contribution is 7.89. The van der Waals surface area contributed by atoms with Crippen LogP contribution in [-0.4, -0.2) is 19.4 Å². The molecule has 0 aromatic heterocycles. The second-order valence-corrected chi connectivity index (χ2v) is 7.32. The zero-order valence-electron chi connectivity index (χ0n) is 12.6. The summed E-state index contributed by atoms with van der Waals surface area (Å²) >= 11 is 0. The molecule has 0 aliphatic carbocycles. The van der Waals surface area contributed by atoms with Crippen LogP contribution in [0.25, 0.3) is 0 Å². The monoisotopic (exact) mass is 314 g/mol. The van der Waals surface area contributed by atoms with Crippen molar-refractivity contribution in [2.75, 3.05) is 0 Å². The van der Waals surface area contributed by atoms with E-state index < -0.39 is 14.9 Å². The number of sulfonamides is 1. The lowest BCUT2D eigenvalue weighted by molar-refractivity contribution is -0.385. The molecule has 21 heavy (non-hydrogen) atoms. The maximum absolute atomic E-state index is 12.2. The Morgan fingerprint density at radius 2 is 1.90 bits per heavy atom. The molecular formula is C14H22N2O4S. The molecule has 0 aliphatic rings. The number of nitrogens with one attached hydrogen (secondary N) is 1. The van der Waals surface area contributed by atoms with Gasteiger partial charge in [0.2, 0.25) is 10.0 Å². The Bertz CT molecular complexity index is 584. The van der Waals surface area contributed by atoms with E-state index >= 15 is 0 Å². The highest BCUT2D eigenvalue weighted by atomic mass is 32.2. The van der Waals surface area contributed by atoms with E-state index in [1.165, 1.54) is 18.2 Å². The Balaban J connectivity index is 2.72. The van der Waals surface area contributed by atoms with E-state index in [4.69, 9.17) is 0 Å². The number of rotatable bonds is 8. The van der Waals surface area contributed by atoms with Crippen LogP contribution in [0, 0.1) is 16.0 Å². The lowest BCUT2D eigenvalue weighted by atomic mass is 10.0. The SMILES string of the molecule is CC(C)CCCC(C)NS(=O)(=O)c1cccc([N+](=O)[O-])c1. The van der Waals surface area contributed by atoms with Crippen LogP contribution in [0.15, 0.2) is 29.2 Å². The zero-order chi connectivity index (χ0) is 16.0. The summed E-state index contributed by atoms with van der Waals surface area (Å²) in [6, 6.07) is 4.87. The van der Waals surface area contributed by atoms with Crippen LogP contribution < -0.4 is 4.72 Å². The predicted molar refractivity (Wildman–Crippen MR) is 81.6 cm³/mol. The van der Waals surface area contributed by atoms with Gasteiger partial charge in [0.25, 0.3) is 5.69 Å². The van der Waals surface area contributed by atoms with E-state index in [2.05, 4.69) is 18.6 Å². The molecule has 0 fully saturated rings. The number of nitro groups is 1. The minimum absolute atomic E-state index is 0.0765. The molecule has 0 amide bonds. The van der Waals surface area contributed by atoms with Crippen molar-refractivity contribution in [1.29, 1.82) is 0 Å². The average Bonchev–Trinajstić information content (AvgIpc) is 2.37. The third-order valence-corrected chi connectivity index (χ3v) is 4.70. The first kappa shape index (κ1) is 17.6. The van der Waals surface area contributed by atoms with Crippen molar-refractivity contribution in [3.05, 3.63) is 34.4 Å². The van der Waals surface area contributed by atoms with Crippen molar-refractivity contribution < 1.29 is 13.3 Å². The number of nitrogens with zero attached hydrogens (tertiary/aromatic N) is 1. The van der Waals surface area contributed by atoms with Crippen molar-refractivity contribution in [2.24, 2.45) is 5.92 Å². The van der Waals surface area contributed by atoms with Crippen LogP contribution in [0.2, 0.25) is 0 Å². The summed E-state index contributed by atoms with van der Waals surface area (Å²) in [5.41, 5.74) is -0.231. The Morgan fingerprint density at radius 3 is 2.48 bits per heavy atom. The van der Waals surface area contributed by atoms with E-state index in [-0.39, 0.29) is 16.6 Å². The summed E-state index contributed by atoms with van der Waals surface area (Å²) in [5.74, 6) is 0.589. The Labute approximate surface area is 125 Å². The molecule has 1 aromatic rings. The van der Waals surface area contributed by atoms with Gasteiger partial charge in [-0.3, -0.25) is 10.1 Å². The van der Waals surface area contributed by atoms with Crippen LogP contribution in [0.3, 0.4) is 0 Å². The smallest absolute Gasteiger partial charge is 0.258 e. The highest BCUT2D eigenvalue weighted by Crippen LogP contribution is 2.18. The first-order valence-electron chi connectivity index (χ1n) is 6.99. The van der Waals surface area contributed by atoms with Crippen molar-refractivity contribution >= 4 is 15.7 Å². The van der Waals surface area contributed by atoms with E-state index in [9.17, 15) is 18.5 Å². The van der Waals surface area contributed by atoms with Crippen LogP contribution in [0.5, 0.6) is 0 Å². The van der Waals surface area contributed by atoms with Crippen molar-refractivity contribution in [3.63, 3.8) is 0 Å². The van der Waals surface area contributed by atoms with Gasteiger partial charge in [-0.1, -0.05) is 32.8 Å². The van der Waals surface area contributed by atoms with Crippen molar-refractivity contribution in [2.45, 2.75) is 51.0 Å². The summed E-state index contributed by atoms with van der Waals surface area (Å²) in [4.78, 5) is 10.0. The molecule has 1 aromatic carbocycles. The highest BCUT2D eigenvalue weighted by Gasteiger charge is 2.19. The van der Waals surface area contributed by atoms with Gasteiger partial charge in [0.05, 0.1) is 9.82 Å². The van der Waals surface area contributed by atoms with Gasteiger partial charge in [-0.2, -0.15) is 0 Å². The quantitative estimate of drug-likeness (QED) is 0.590. The molecule has 118 valence electrons. The van der Waals surface area contributed by atoms with Gasteiger partial charge in [-0.25, -0.2) is 13.1 Å². The Morgan fingerprint density at radius 1 is 1.24 bits per heavy atom. The van der Waals surface area contributed by atoms with Crippen molar-refractivity contribution in [1.82, 2.24) is 4.72 Å². The zero-order valence-corrected chi connectivity index (χ0v) is 13.4. The molecule has 7 heteroatoms. The molecular weight excluding hydrogens is 292 g/mol. The largest absolute Gasteiger partial charge is 0.270 e. The summed E-state index contributed by atoms with van der Waals surface area (Å²) in [7, 11) is -3.72. The maximum Gasteiger partial charge on any atom is 0.270 e. The molecule has 1 rings (SSSR count). The van der Waals surface area contributed by atoms with Gasteiger partial charge in [0.15, 0.2) is 0 Å². The van der Waals surface area contributed by atoms with E-state index in [0.717, 1.165) is 25.3 Å². The first-order chi connectivity index (χ1) is 9.72. The number of non-ortho nitro benzene ring substituents is 1. The Hall–Kier alpha value is -1.47. The number of benzene rings is 1. The number of hydrogen-bond donors (Lipinski definition) is 1. The molecule has 1 unspecified atom stereocenters. The summed E-state index contributed by atoms with van der Waals surface area (Å²) in [6.45, 7) is 6.05. The van der Waals surface area contributed by atoms with Gasteiger partial charge in [-0.05, 0) is 25.3 Å². The third-order valence-electron chi connectivity index (χ3n) is 3.11. The lowest BCUT2D eigenvalue weighted by Crippen LogP contribution is -2.32. The van der Waals surface area contributed by atoms with Crippen LogP contribution >= 0.6 is 0 Å². The first-order valence-corrected chi connectivity index (χ1v) is 8.47. The molecule has 0 saturated carbocycles. The molecule has 1 atom stereocenters. The minimum Gasteiger partial charge on any atom is -0.258 e. The molecule has 0 radical (unpaired) electrons. The maximum atomic E-state index is 12.2. The molecule has 0 heterocycles. The van der Waals surface area contributed by atoms with E-state index in [1.807, 2.05) is 0 Å². The van der Waals surface area contributed by atoms with Gasteiger partial charge < -0.3 is 0 Å². The fraction of sp³-hybridized carbons (Fsp3) is 0.571. The van der Waals surface area contributed by atoms with Crippen LogP contribution in [-0.2, 0) is 10.0 Å². The fourth-order valence-electron chi connectivity index (χ4n) is 1.99. The molecule has 0 bridgehead atoms. The van der Waals surface area contributed by atoms with Crippen LogP contribution in [0.1, 0.15) is 40.0 Å². The summed E-state index contributed by atoms with van der Waals surface area (Å²) in [5, 5.41) is 10.7. The standard InChI is InChI=1S/C14H22N2O4S/c1-11(2)6-4-7-12(3)15-21(19,20)14-9-5-8-13(10-14)16(17)18/h5,8-12,15H,4,6-7H2,1-3H3. The number of nitro benzene ring substituents is 1. The molecule has 1 N–H and O–H groups in total. The summed E-state index contributed by atoms with van der Waals surface area (Å²) < 4.78 is 26.9. The number of hydrogen-bond acceptors (Lipinski definition) is 4. The third kappa shape index (κ3) is 5.81. The topological polar surface area (TPSA) is 89.3 Å². The van der Waals surface area contributed by atoms with Gasteiger partial charge in [0.1, 0.15) is 0 Å². The lowest BCUT2D eigenvalue weighted by Gasteiger charge is -2.14. The van der Waals surface area contributed by atoms with E-state index in [1.54, 1.807) is 6.92 Å². The fourth-order valence-corrected chi connectivity index (χ4v) is 3.31. The second-order valence-electron chi connectivity index (χ2n) is 5.60. The molecule has 0 aliphatic heterocycles. The normalized spacial score (nSPS) is 13.3. The Kier molecular flexibility index (Phi) is 6.29. The molecule has 0 spiro atoms. The van der Waals surface area contributed by atoms with Crippen molar-refractivity contribution in [3.8, 4) is 0 Å². The van der Waals surface area contributed by atoms with Gasteiger partial charge in [0, 0.05) is 18.2 Å². The summed E-state index contributed by atoms with van der Waals surface area (Å²) in [6.07, 6.45) is 2.73. The van der Waals surface area contributed by atoms with E-state index in [0.29, 0.717) is 5.92 Å². The minimum atomic E-state index is -3.72. The molecule has 6 nitrogen and oxygen atoms in total. The van der Waals surface area contributed by atoms with Gasteiger partial charge in [-0.15, -0.1) is 0 Å². The average molecular weight is 314 g/mol.